The molecule has 0 saturated carbocycles. The molecule has 1 aliphatic heterocycles. The molecule has 0 spiro atoms. The van der Waals surface area contributed by atoms with Crippen molar-refractivity contribution in [2.24, 2.45) is 0 Å². The van der Waals surface area contributed by atoms with E-state index in [-0.39, 0.29) is 11.9 Å². The molecule has 2 amide bonds. The standard InChI is InChI=1S/C23H24F2N4O3/c1-31-19-8-4-3-7-18(19)29(23(30)28-13-5-2-6-14-28)15-16-9-11-17(12-10-16)21-26-27-22(32-21)20(24)25/h3-4,7-12,20H,2,5-6,13-15H2,1H3. The van der Waals surface area contributed by atoms with Crippen LogP contribution in [0.15, 0.2) is 52.9 Å². The van der Waals surface area contributed by atoms with Crippen molar-refractivity contribution in [3.63, 3.8) is 0 Å². The molecule has 1 aliphatic rings. The van der Waals surface area contributed by atoms with E-state index in [1.807, 2.05) is 41.3 Å². The number of aromatic nitrogens is 2. The third kappa shape index (κ3) is 4.71. The number of hydrogen-bond donors (Lipinski definition) is 0. The fourth-order valence-corrected chi connectivity index (χ4v) is 3.74. The largest absolute Gasteiger partial charge is 0.495 e. The van der Waals surface area contributed by atoms with Crippen molar-refractivity contribution in [3.8, 4) is 17.2 Å². The van der Waals surface area contributed by atoms with Crippen LogP contribution in [-0.2, 0) is 6.54 Å². The van der Waals surface area contributed by atoms with Crippen molar-refractivity contribution >= 4 is 11.7 Å². The number of likely N-dealkylation sites (tertiary alicyclic amines) is 1. The number of rotatable bonds is 6. The molecule has 1 saturated heterocycles. The number of para-hydroxylation sites is 2. The summed E-state index contributed by atoms with van der Waals surface area (Å²) in [6, 6.07) is 14.4. The SMILES string of the molecule is COc1ccccc1N(Cc1ccc(-c2nnc(C(F)F)o2)cc1)C(=O)N1CCCCC1. The second-order valence-electron chi connectivity index (χ2n) is 7.53. The van der Waals surface area contributed by atoms with Gasteiger partial charge in [-0.2, -0.15) is 8.78 Å². The van der Waals surface area contributed by atoms with Crippen molar-refractivity contribution in [2.45, 2.75) is 32.2 Å². The van der Waals surface area contributed by atoms with Crippen LogP contribution in [0.1, 0.15) is 37.1 Å². The Labute approximate surface area is 184 Å². The quantitative estimate of drug-likeness (QED) is 0.518. The minimum atomic E-state index is -2.81. The van der Waals surface area contributed by atoms with Gasteiger partial charge in [-0.15, -0.1) is 10.2 Å². The maximum absolute atomic E-state index is 13.4. The third-order valence-corrected chi connectivity index (χ3v) is 5.40. The Bertz CT molecular complexity index is 1050. The van der Waals surface area contributed by atoms with E-state index in [1.165, 1.54) is 0 Å². The monoisotopic (exact) mass is 442 g/mol. The molecule has 3 aromatic rings. The van der Waals surface area contributed by atoms with Gasteiger partial charge in [-0.1, -0.05) is 24.3 Å². The number of carbonyl (C=O) groups is 1. The van der Waals surface area contributed by atoms with Gasteiger partial charge in [0.15, 0.2) is 0 Å². The van der Waals surface area contributed by atoms with E-state index >= 15 is 0 Å². The van der Waals surface area contributed by atoms with Gasteiger partial charge in [-0.25, -0.2) is 4.79 Å². The number of anilines is 1. The average molecular weight is 442 g/mol. The summed E-state index contributed by atoms with van der Waals surface area (Å²) >= 11 is 0. The molecule has 0 N–H and O–H groups in total. The first kappa shape index (κ1) is 21.7. The lowest BCUT2D eigenvalue weighted by Gasteiger charge is -2.33. The molecule has 1 fully saturated rings. The summed E-state index contributed by atoms with van der Waals surface area (Å²) in [4.78, 5) is 17.0. The van der Waals surface area contributed by atoms with Crippen LogP contribution in [0.3, 0.4) is 0 Å². The Balaban J connectivity index is 1.59. The van der Waals surface area contributed by atoms with E-state index in [1.54, 1.807) is 24.1 Å². The summed E-state index contributed by atoms with van der Waals surface area (Å²) in [6.45, 7) is 1.78. The number of hydrogen-bond acceptors (Lipinski definition) is 5. The summed E-state index contributed by atoms with van der Waals surface area (Å²) in [6.07, 6.45) is 0.296. The highest BCUT2D eigenvalue weighted by molar-refractivity contribution is 5.93. The molecule has 9 heteroatoms. The fourth-order valence-electron chi connectivity index (χ4n) is 3.74. The molecular weight excluding hydrogens is 418 g/mol. The Hall–Kier alpha value is -3.49. The molecule has 0 aliphatic carbocycles. The molecule has 2 aromatic carbocycles. The minimum absolute atomic E-state index is 0.0258. The normalized spacial score (nSPS) is 13.9. The van der Waals surface area contributed by atoms with E-state index in [9.17, 15) is 13.6 Å². The molecule has 0 unspecified atom stereocenters. The van der Waals surface area contributed by atoms with Gasteiger partial charge in [-0.3, -0.25) is 4.90 Å². The van der Waals surface area contributed by atoms with Crippen molar-refractivity contribution in [1.29, 1.82) is 0 Å². The van der Waals surface area contributed by atoms with E-state index in [4.69, 9.17) is 9.15 Å². The molecule has 2 heterocycles. The number of halogens is 2. The van der Waals surface area contributed by atoms with Gasteiger partial charge in [-0.05, 0) is 49.1 Å². The first-order chi connectivity index (χ1) is 15.6. The first-order valence-corrected chi connectivity index (χ1v) is 10.5. The number of benzene rings is 2. The van der Waals surface area contributed by atoms with E-state index < -0.39 is 12.3 Å². The molecule has 1 aromatic heterocycles. The van der Waals surface area contributed by atoms with Gasteiger partial charge in [0, 0.05) is 18.7 Å². The van der Waals surface area contributed by atoms with Crippen molar-refractivity contribution in [2.75, 3.05) is 25.1 Å². The maximum Gasteiger partial charge on any atom is 0.324 e. The highest BCUT2D eigenvalue weighted by atomic mass is 19.3. The van der Waals surface area contributed by atoms with Gasteiger partial charge < -0.3 is 14.1 Å². The van der Waals surface area contributed by atoms with Crippen LogP contribution in [0.4, 0.5) is 19.3 Å². The third-order valence-electron chi connectivity index (χ3n) is 5.40. The van der Waals surface area contributed by atoms with Gasteiger partial charge in [0.1, 0.15) is 5.75 Å². The number of methoxy groups -OCH3 is 1. The minimum Gasteiger partial charge on any atom is -0.495 e. The second kappa shape index (κ2) is 9.76. The predicted octanol–water partition coefficient (Wildman–Crippen LogP) is 5.30. The van der Waals surface area contributed by atoms with Crippen LogP contribution in [-0.4, -0.2) is 41.3 Å². The highest BCUT2D eigenvalue weighted by Crippen LogP contribution is 2.31. The molecule has 0 radical (unpaired) electrons. The summed E-state index contributed by atoms with van der Waals surface area (Å²) in [5.41, 5.74) is 2.08. The molecule has 7 nitrogen and oxygen atoms in total. The Morgan fingerprint density at radius 2 is 1.81 bits per heavy atom. The van der Waals surface area contributed by atoms with E-state index in [2.05, 4.69) is 10.2 Å². The summed E-state index contributed by atoms with van der Waals surface area (Å²) in [5.74, 6) is -0.0729. The zero-order chi connectivity index (χ0) is 22.5. The molecule has 168 valence electrons. The maximum atomic E-state index is 13.4. The average Bonchev–Trinajstić information content (AvgIpc) is 3.34. The summed E-state index contributed by atoms with van der Waals surface area (Å²) in [7, 11) is 1.58. The van der Waals surface area contributed by atoms with Gasteiger partial charge in [0.2, 0.25) is 5.89 Å². The van der Waals surface area contributed by atoms with E-state index in [0.29, 0.717) is 23.5 Å². The van der Waals surface area contributed by atoms with Crippen LogP contribution in [0.2, 0.25) is 0 Å². The number of piperidine rings is 1. The summed E-state index contributed by atoms with van der Waals surface area (Å²) in [5, 5.41) is 7.03. The number of nitrogens with zero attached hydrogens (tertiary/aromatic N) is 4. The topological polar surface area (TPSA) is 71.7 Å². The molecular formula is C23H24F2N4O3. The molecule has 32 heavy (non-hydrogen) atoms. The fraction of sp³-hybridized carbons (Fsp3) is 0.348. The summed E-state index contributed by atoms with van der Waals surface area (Å²) < 4.78 is 35.9. The lowest BCUT2D eigenvalue weighted by atomic mass is 10.1. The van der Waals surface area contributed by atoms with Gasteiger partial charge in [0.25, 0.3) is 5.89 Å². The highest BCUT2D eigenvalue weighted by Gasteiger charge is 2.26. The second-order valence-corrected chi connectivity index (χ2v) is 7.53. The van der Waals surface area contributed by atoms with Crippen molar-refractivity contribution in [1.82, 2.24) is 15.1 Å². The van der Waals surface area contributed by atoms with Crippen molar-refractivity contribution in [3.05, 3.63) is 60.0 Å². The Morgan fingerprint density at radius 1 is 1.09 bits per heavy atom. The lowest BCUT2D eigenvalue weighted by Crippen LogP contribution is -2.45. The number of ether oxygens (including phenoxy) is 1. The van der Waals surface area contributed by atoms with Gasteiger partial charge in [0.05, 0.1) is 19.3 Å². The van der Waals surface area contributed by atoms with E-state index in [0.717, 1.165) is 37.9 Å². The number of urea groups is 1. The van der Waals surface area contributed by atoms with Crippen LogP contribution in [0, 0.1) is 0 Å². The Kier molecular flexibility index (Phi) is 6.63. The predicted molar refractivity (Wildman–Crippen MR) is 115 cm³/mol. The van der Waals surface area contributed by atoms with Crippen LogP contribution in [0.5, 0.6) is 5.75 Å². The molecule has 4 rings (SSSR count). The van der Waals surface area contributed by atoms with Crippen LogP contribution >= 0.6 is 0 Å². The van der Waals surface area contributed by atoms with Crippen LogP contribution in [0.25, 0.3) is 11.5 Å². The smallest absolute Gasteiger partial charge is 0.324 e. The van der Waals surface area contributed by atoms with Crippen LogP contribution < -0.4 is 9.64 Å². The lowest BCUT2D eigenvalue weighted by molar-refractivity contribution is 0.116. The van der Waals surface area contributed by atoms with Gasteiger partial charge >= 0.3 is 12.5 Å². The Morgan fingerprint density at radius 3 is 2.47 bits per heavy atom. The first-order valence-electron chi connectivity index (χ1n) is 10.5. The molecule has 0 bridgehead atoms. The number of carbonyl (C=O) groups excluding carboxylic acids is 1. The number of alkyl halides is 2. The number of amides is 2. The molecule has 0 atom stereocenters. The zero-order valence-corrected chi connectivity index (χ0v) is 17.7. The van der Waals surface area contributed by atoms with Crippen molar-refractivity contribution < 1.29 is 22.7 Å². The zero-order valence-electron chi connectivity index (χ0n) is 17.7.